The van der Waals surface area contributed by atoms with Crippen LogP contribution in [0, 0.1) is 0 Å². The Morgan fingerprint density at radius 2 is 1.93 bits per heavy atom. The van der Waals surface area contributed by atoms with Gasteiger partial charge in [-0.2, -0.15) is 0 Å². The van der Waals surface area contributed by atoms with E-state index in [1.807, 2.05) is 25.1 Å². The predicted molar refractivity (Wildman–Crippen MR) is 60.6 cm³/mol. The SMILES string of the molecule is C=C(CC)N(N)Cc1ccccc1.N. The summed E-state index contributed by atoms with van der Waals surface area (Å²) in [7, 11) is 0. The zero-order chi connectivity index (χ0) is 9.68. The van der Waals surface area contributed by atoms with E-state index in [2.05, 4.69) is 18.7 Å². The zero-order valence-electron chi connectivity index (χ0n) is 8.74. The zero-order valence-corrected chi connectivity index (χ0v) is 8.74. The minimum absolute atomic E-state index is 0. The molecule has 0 saturated carbocycles. The van der Waals surface area contributed by atoms with E-state index in [9.17, 15) is 0 Å². The minimum atomic E-state index is 0. The molecule has 0 saturated heterocycles. The Labute approximate surface area is 85.8 Å². The van der Waals surface area contributed by atoms with Gasteiger partial charge in [0.2, 0.25) is 0 Å². The Bertz CT molecular complexity index is 269. The van der Waals surface area contributed by atoms with E-state index in [4.69, 9.17) is 5.84 Å². The molecular formula is C11H19N3. The summed E-state index contributed by atoms with van der Waals surface area (Å²) < 4.78 is 0. The number of benzene rings is 1. The van der Waals surface area contributed by atoms with Crippen LogP contribution in [-0.2, 0) is 6.54 Å². The second kappa shape index (κ2) is 6.18. The van der Waals surface area contributed by atoms with Gasteiger partial charge in [-0.15, -0.1) is 0 Å². The van der Waals surface area contributed by atoms with E-state index in [1.165, 1.54) is 5.56 Å². The summed E-state index contributed by atoms with van der Waals surface area (Å²) in [5.74, 6) is 5.79. The lowest BCUT2D eigenvalue weighted by Crippen LogP contribution is -2.28. The molecule has 14 heavy (non-hydrogen) atoms. The van der Waals surface area contributed by atoms with Crippen molar-refractivity contribution in [2.45, 2.75) is 19.9 Å². The molecule has 3 heteroatoms. The smallest absolute Gasteiger partial charge is 0.0588 e. The molecule has 1 aromatic carbocycles. The van der Waals surface area contributed by atoms with Gasteiger partial charge >= 0.3 is 0 Å². The fourth-order valence-corrected chi connectivity index (χ4v) is 1.10. The standard InChI is InChI=1S/C11H16N2.H3N/c1-3-10(2)13(12)9-11-7-5-4-6-8-11;/h4-8H,2-3,9,12H2,1H3;1H3. The lowest BCUT2D eigenvalue weighted by molar-refractivity contribution is 0.343. The molecule has 0 radical (unpaired) electrons. The Balaban J connectivity index is 0.00000169. The van der Waals surface area contributed by atoms with Crippen LogP contribution < -0.4 is 12.0 Å². The number of hydrazine groups is 1. The highest BCUT2D eigenvalue weighted by molar-refractivity contribution is 5.15. The van der Waals surface area contributed by atoms with E-state index >= 15 is 0 Å². The van der Waals surface area contributed by atoms with E-state index in [-0.39, 0.29) is 6.15 Å². The highest BCUT2D eigenvalue weighted by Gasteiger charge is 2.00. The first-order chi connectivity index (χ1) is 6.24. The van der Waals surface area contributed by atoms with Crippen LogP contribution in [0.4, 0.5) is 0 Å². The minimum Gasteiger partial charge on any atom is -0.344 e. The maximum absolute atomic E-state index is 5.79. The molecular weight excluding hydrogens is 174 g/mol. The number of hydrogen-bond donors (Lipinski definition) is 2. The van der Waals surface area contributed by atoms with E-state index in [0.29, 0.717) is 0 Å². The second-order valence-corrected chi connectivity index (χ2v) is 3.03. The number of rotatable bonds is 4. The van der Waals surface area contributed by atoms with Crippen molar-refractivity contribution in [3.05, 3.63) is 48.2 Å². The lowest BCUT2D eigenvalue weighted by atomic mass is 10.2. The molecule has 3 nitrogen and oxygen atoms in total. The lowest BCUT2D eigenvalue weighted by Gasteiger charge is -2.19. The molecule has 1 aromatic rings. The van der Waals surface area contributed by atoms with Crippen LogP contribution in [0.2, 0.25) is 0 Å². The molecule has 1 rings (SSSR count). The molecule has 0 unspecified atom stereocenters. The van der Waals surface area contributed by atoms with Crippen LogP contribution in [0.1, 0.15) is 18.9 Å². The highest BCUT2D eigenvalue weighted by atomic mass is 15.4. The Morgan fingerprint density at radius 3 is 2.43 bits per heavy atom. The molecule has 0 aromatic heterocycles. The monoisotopic (exact) mass is 193 g/mol. The van der Waals surface area contributed by atoms with Crippen LogP contribution in [-0.4, -0.2) is 5.01 Å². The maximum Gasteiger partial charge on any atom is 0.0588 e. The van der Waals surface area contributed by atoms with Crippen LogP contribution in [0.15, 0.2) is 42.6 Å². The van der Waals surface area contributed by atoms with Gasteiger partial charge in [0, 0.05) is 5.70 Å². The topological polar surface area (TPSA) is 64.3 Å². The van der Waals surface area contributed by atoms with E-state index in [0.717, 1.165) is 18.7 Å². The van der Waals surface area contributed by atoms with Gasteiger partial charge in [-0.1, -0.05) is 43.8 Å². The Kier molecular flexibility index (Phi) is 5.60. The first-order valence-electron chi connectivity index (χ1n) is 4.48. The van der Waals surface area contributed by atoms with Crippen molar-refractivity contribution in [3.8, 4) is 0 Å². The largest absolute Gasteiger partial charge is 0.344 e. The quantitative estimate of drug-likeness (QED) is 0.570. The number of nitrogens with two attached hydrogens (primary N) is 1. The highest BCUT2D eigenvalue weighted by Crippen LogP contribution is 2.07. The van der Waals surface area contributed by atoms with Crippen molar-refractivity contribution in [2.75, 3.05) is 0 Å². The molecule has 5 N–H and O–H groups in total. The molecule has 78 valence electrons. The van der Waals surface area contributed by atoms with Crippen LogP contribution in [0.5, 0.6) is 0 Å². The van der Waals surface area contributed by atoms with Crippen LogP contribution in [0.3, 0.4) is 0 Å². The van der Waals surface area contributed by atoms with Gasteiger partial charge in [0.25, 0.3) is 0 Å². The van der Waals surface area contributed by atoms with Gasteiger partial charge in [-0.25, -0.2) is 5.84 Å². The van der Waals surface area contributed by atoms with Gasteiger partial charge < -0.3 is 11.2 Å². The van der Waals surface area contributed by atoms with E-state index in [1.54, 1.807) is 5.01 Å². The fourth-order valence-electron chi connectivity index (χ4n) is 1.10. The van der Waals surface area contributed by atoms with Crippen molar-refractivity contribution < 1.29 is 0 Å². The molecule has 0 aliphatic carbocycles. The summed E-state index contributed by atoms with van der Waals surface area (Å²) >= 11 is 0. The normalized spacial score (nSPS) is 9.00. The molecule has 0 atom stereocenters. The van der Waals surface area contributed by atoms with Gasteiger partial charge in [0.15, 0.2) is 0 Å². The van der Waals surface area contributed by atoms with Crippen molar-refractivity contribution in [2.24, 2.45) is 5.84 Å². The molecule has 0 aliphatic rings. The first-order valence-corrected chi connectivity index (χ1v) is 4.48. The van der Waals surface area contributed by atoms with Crippen molar-refractivity contribution in [1.82, 2.24) is 11.2 Å². The average molecular weight is 193 g/mol. The first kappa shape index (κ1) is 12.7. The molecule has 0 spiro atoms. The summed E-state index contributed by atoms with van der Waals surface area (Å²) in [6, 6.07) is 10.1. The summed E-state index contributed by atoms with van der Waals surface area (Å²) in [4.78, 5) is 0. The van der Waals surface area contributed by atoms with Gasteiger partial charge in [-0.3, -0.25) is 0 Å². The number of nitrogens with zero attached hydrogens (tertiary/aromatic N) is 1. The molecule has 0 bridgehead atoms. The Hall–Kier alpha value is -1.32. The van der Waals surface area contributed by atoms with E-state index < -0.39 is 0 Å². The van der Waals surface area contributed by atoms with Gasteiger partial charge in [0.05, 0.1) is 6.54 Å². The van der Waals surface area contributed by atoms with Crippen molar-refractivity contribution in [1.29, 1.82) is 0 Å². The number of hydrogen-bond acceptors (Lipinski definition) is 3. The molecule has 0 fully saturated rings. The van der Waals surface area contributed by atoms with Gasteiger partial charge in [-0.05, 0) is 12.0 Å². The molecule has 0 heterocycles. The average Bonchev–Trinajstić information content (AvgIpc) is 2.18. The summed E-state index contributed by atoms with van der Waals surface area (Å²) in [6.45, 7) is 6.65. The van der Waals surface area contributed by atoms with Crippen LogP contribution >= 0.6 is 0 Å². The van der Waals surface area contributed by atoms with Gasteiger partial charge in [0.1, 0.15) is 0 Å². The summed E-state index contributed by atoms with van der Waals surface area (Å²) in [6.07, 6.45) is 0.892. The molecule has 0 aliphatic heterocycles. The molecule has 0 amide bonds. The summed E-state index contributed by atoms with van der Waals surface area (Å²) in [5, 5.41) is 1.69. The third-order valence-electron chi connectivity index (χ3n) is 2.01. The predicted octanol–water partition coefficient (Wildman–Crippen LogP) is 2.45. The maximum atomic E-state index is 5.79. The summed E-state index contributed by atoms with van der Waals surface area (Å²) in [5.41, 5.74) is 2.17. The third-order valence-corrected chi connectivity index (χ3v) is 2.01. The second-order valence-electron chi connectivity index (χ2n) is 3.03. The van der Waals surface area contributed by atoms with Crippen molar-refractivity contribution >= 4 is 0 Å². The Morgan fingerprint density at radius 1 is 1.36 bits per heavy atom. The van der Waals surface area contributed by atoms with Crippen molar-refractivity contribution in [3.63, 3.8) is 0 Å². The van der Waals surface area contributed by atoms with Crippen LogP contribution in [0.25, 0.3) is 0 Å². The fraction of sp³-hybridized carbons (Fsp3) is 0.273. The number of allylic oxidation sites excluding steroid dienone is 1. The third kappa shape index (κ3) is 3.60.